The minimum atomic E-state index is -0.0611. The average Bonchev–Trinajstić information content (AvgIpc) is 3.03. The number of anilines is 3. The number of benzene rings is 2. The highest BCUT2D eigenvalue weighted by Crippen LogP contribution is 2.19. The largest absolute Gasteiger partial charge is 0.356 e. The van der Waals surface area contributed by atoms with Crippen molar-refractivity contribution in [3.05, 3.63) is 66.3 Å². The molecule has 3 rings (SSSR count). The predicted octanol–water partition coefficient (Wildman–Crippen LogP) is 3.99. The summed E-state index contributed by atoms with van der Waals surface area (Å²) in [6.07, 6.45) is 0. The van der Waals surface area contributed by atoms with E-state index >= 15 is 0 Å². The molecule has 0 fully saturated rings. The summed E-state index contributed by atoms with van der Waals surface area (Å²) in [5, 5.41) is 9.97. The molecule has 2 aromatic carbocycles. The fourth-order valence-corrected chi connectivity index (χ4v) is 2.82. The molecule has 128 valence electrons. The molecule has 1 amide bonds. The van der Waals surface area contributed by atoms with E-state index in [2.05, 4.69) is 20.8 Å². The minimum absolute atomic E-state index is 0.0611. The van der Waals surface area contributed by atoms with Gasteiger partial charge in [0, 0.05) is 24.0 Å². The lowest BCUT2D eigenvalue weighted by Gasteiger charge is -2.08. The number of aromatic nitrogens is 2. The van der Waals surface area contributed by atoms with Crippen molar-refractivity contribution >= 4 is 34.7 Å². The molecule has 0 radical (unpaired) electrons. The van der Waals surface area contributed by atoms with E-state index in [9.17, 15) is 4.79 Å². The number of hydrogen-bond acceptors (Lipinski definition) is 6. The van der Waals surface area contributed by atoms with Gasteiger partial charge >= 0.3 is 0 Å². The van der Waals surface area contributed by atoms with Crippen LogP contribution in [0.4, 0.5) is 17.1 Å². The number of para-hydroxylation sites is 1. The van der Waals surface area contributed by atoms with Gasteiger partial charge < -0.3 is 15.2 Å². The van der Waals surface area contributed by atoms with Crippen molar-refractivity contribution in [1.29, 1.82) is 0 Å². The molecule has 2 N–H and O–H groups in total. The van der Waals surface area contributed by atoms with Gasteiger partial charge in [-0.05, 0) is 36.4 Å². The van der Waals surface area contributed by atoms with E-state index in [1.165, 1.54) is 11.8 Å². The van der Waals surface area contributed by atoms with E-state index < -0.39 is 0 Å². The lowest BCUT2D eigenvalue weighted by atomic mass is 10.2. The molecule has 25 heavy (non-hydrogen) atoms. The van der Waals surface area contributed by atoms with Gasteiger partial charge in [-0.2, -0.15) is 4.98 Å². The monoisotopic (exact) mass is 354 g/mol. The number of nitrogens with one attached hydrogen (secondary N) is 2. The van der Waals surface area contributed by atoms with Crippen LogP contribution in [0.1, 0.15) is 11.7 Å². The van der Waals surface area contributed by atoms with Crippen molar-refractivity contribution in [2.45, 2.75) is 12.7 Å². The second-order valence-electron chi connectivity index (χ2n) is 5.34. The first-order valence-electron chi connectivity index (χ1n) is 7.78. The second kappa shape index (κ2) is 8.34. The SMILES string of the molecule is Cc1nc(CSCC(=O)Nc2ccc(Nc3ccccc3)cc2)no1. The zero-order valence-electron chi connectivity index (χ0n) is 13.7. The van der Waals surface area contributed by atoms with Gasteiger partial charge in [-0.15, -0.1) is 11.8 Å². The normalized spacial score (nSPS) is 10.4. The molecule has 0 atom stereocenters. The molecule has 0 bridgehead atoms. The van der Waals surface area contributed by atoms with Crippen LogP contribution in [0, 0.1) is 6.92 Å². The van der Waals surface area contributed by atoms with Gasteiger partial charge in [0.25, 0.3) is 0 Å². The molecular formula is C18H18N4O2S. The zero-order valence-corrected chi connectivity index (χ0v) is 14.5. The Bertz CT molecular complexity index is 819. The average molecular weight is 354 g/mol. The standard InChI is InChI=1S/C18H18N4O2S/c1-13-19-17(22-24-13)11-25-12-18(23)21-16-9-7-15(8-10-16)20-14-5-3-2-4-6-14/h2-10,20H,11-12H2,1H3,(H,21,23). The maximum Gasteiger partial charge on any atom is 0.234 e. The topological polar surface area (TPSA) is 80.0 Å². The summed E-state index contributed by atoms with van der Waals surface area (Å²) in [7, 11) is 0. The Morgan fingerprint density at radius 2 is 1.72 bits per heavy atom. The third-order valence-electron chi connectivity index (χ3n) is 3.27. The van der Waals surface area contributed by atoms with Gasteiger partial charge in [0.15, 0.2) is 5.82 Å². The summed E-state index contributed by atoms with van der Waals surface area (Å²) in [6.45, 7) is 1.74. The van der Waals surface area contributed by atoms with Gasteiger partial charge in [0.05, 0.1) is 11.5 Å². The number of carbonyl (C=O) groups is 1. The van der Waals surface area contributed by atoms with Gasteiger partial charge in [-0.25, -0.2) is 0 Å². The molecule has 0 unspecified atom stereocenters. The summed E-state index contributed by atoms with van der Waals surface area (Å²) in [5.41, 5.74) is 2.75. The van der Waals surface area contributed by atoms with Crippen LogP contribution in [0.25, 0.3) is 0 Å². The highest BCUT2D eigenvalue weighted by Gasteiger charge is 2.06. The second-order valence-corrected chi connectivity index (χ2v) is 6.32. The van der Waals surface area contributed by atoms with Crippen molar-refractivity contribution in [2.24, 2.45) is 0 Å². The molecule has 0 saturated heterocycles. The van der Waals surface area contributed by atoms with Crippen LogP contribution in [0.3, 0.4) is 0 Å². The molecule has 1 heterocycles. The maximum atomic E-state index is 12.0. The van der Waals surface area contributed by atoms with E-state index in [0.717, 1.165) is 17.1 Å². The Morgan fingerprint density at radius 1 is 1.04 bits per heavy atom. The number of carbonyl (C=O) groups excluding carboxylic acids is 1. The van der Waals surface area contributed by atoms with Crippen molar-refractivity contribution < 1.29 is 9.32 Å². The van der Waals surface area contributed by atoms with Crippen LogP contribution in [0.15, 0.2) is 59.1 Å². The van der Waals surface area contributed by atoms with Crippen molar-refractivity contribution in [2.75, 3.05) is 16.4 Å². The van der Waals surface area contributed by atoms with Crippen LogP contribution in [-0.2, 0) is 10.5 Å². The Labute approximate surface area is 150 Å². The van der Waals surface area contributed by atoms with E-state index in [1.54, 1.807) is 6.92 Å². The number of rotatable bonds is 7. The summed E-state index contributed by atoms with van der Waals surface area (Å²) in [5.74, 6) is 1.95. The van der Waals surface area contributed by atoms with Gasteiger partial charge in [0.1, 0.15) is 0 Å². The van der Waals surface area contributed by atoms with Crippen LogP contribution in [-0.4, -0.2) is 21.8 Å². The number of thioether (sulfide) groups is 1. The van der Waals surface area contributed by atoms with E-state index in [-0.39, 0.29) is 5.91 Å². The molecule has 0 aliphatic rings. The molecule has 6 nitrogen and oxygen atoms in total. The molecular weight excluding hydrogens is 336 g/mol. The highest BCUT2D eigenvalue weighted by atomic mass is 32.2. The van der Waals surface area contributed by atoms with E-state index in [4.69, 9.17) is 4.52 Å². The fourth-order valence-electron chi connectivity index (χ4n) is 2.16. The quantitative estimate of drug-likeness (QED) is 0.668. The summed E-state index contributed by atoms with van der Waals surface area (Å²) >= 11 is 1.44. The van der Waals surface area contributed by atoms with Crippen LogP contribution in [0.2, 0.25) is 0 Å². The smallest absolute Gasteiger partial charge is 0.234 e. The zero-order chi connectivity index (χ0) is 17.5. The molecule has 0 saturated carbocycles. The van der Waals surface area contributed by atoms with Crippen LogP contribution < -0.4 is 10.6 Å². The Hall–Kier alpha value is -2.80. The van der Waals surface area contributed by atoms with Crippen molar-refractivity contribution in [1.82, 2.24) is 10.1 Å². The number of aryl methyl sites for hydroxylation is 1. The molecule has 1 aromatic heterocycles. The summed E-state index contributed by atoms with van der Waals surface area (Å²) in [6, 6.07) is 17.5. The first kappa shape index (κ1) is 17.0. The lowest BCUT2D eigenvalue weighted by Crippen LogP contribution is -2.14. The van der Waals surface area contributed by atoms with E-state index in [1.807, 2.05) is 54.6 Å². The van der Waals surface area contributed by atoms with Crippen LogP contribution in [0.5, 0.6) is 0 Å². The predicted molar refractivity (Wildman–Crippen MR) is 100.0 cm³/mol. The number of hydrogen-bond donors (Lipinski definition) is 2. The minimum Gasteiger partial charge on any atom is -0.356 e. The van der Waals surface area contributed by atoms with Gasteiger partial charge in [0.2, 0.25) is 11.8 Å². The van der Waals surface area contributed by atoms with E-state index in [0.29, 0.717) is 23.2 Å². The Balaban J connectivity index is 1.45. The van der Waals surface area contributed by atoms with Crippen LogP contribution >= 0.6 is 11.8 Å². The Morgan fingerprint density at radius 3 is 2.40 bits per heavy atom. The number of amides is 1. The molecule has 0 aliphatic carbocycles. The third kappa shape index (κ3) is 5.36. The summed E-state index contributed by atoms with van der Waals surface area (Å²) in [4.78, 5) is 16.1. The fraction of sp³-hybridized carbons (Fsp3) is 0.167. The number of nitrogens with zero attached hydrogens (tertiary/aromatic N) is 2. The first-order valence-corrected chi connectivity index (χ1v) is 8.93. The maximum absolute atomic E-state index is 12.0. The molecule has 7 heteroatoms. The van der Waals surface area contributed by atoms with Crippen molar-refractivity contribution in [3.8, 4) is 0 Å². The third-order valence-corrected chi connectivity index (χ3v) is 4.19. The molecule has 3 aromatic rings. The lowest BCUT2D eigenvalue weighted by molar-refractivity contribution is -0.113. The molecule has 0 aliphatic heterocycles. The first-order chi connectivity index (χ1) is 12.2. The van der Waals surface area contributed by atoms with Gasteiger partial charge in [-0.1, -0.05) is 23.4 Å². The summed E-state index contributed by atoms with van der Waals surface area (Å²) < 4.78 is 4.89. The highest BCUT2D eigenvalue weighted by molar-refractivity contribution is 7.99. The Kier molecular flexibility index (Phi) is 5.69. The van der Waals surface area contributed by atoms with Crippen molar-refractivity contribution in [3.63, 3.8) is 0 Å². The van der Waals surface area contributed by atoms with Gasteiger partial charge in [-0.3, -0.25) is 4.79 Å². The molecule has 0 spiro atoms.